The molecule has 1 aliphatic rings. The molecule has 5 heteroatoms. The average Bonchev–Trinajstić information content (AvgIpc) is 2.73. The molecule has 0 spiro atoms. The molecule has 2 N–H and O–H groups in total. The molecule has 1 aliphatic heterocycles. The molecule has 0 aliphatic carbocycles. The summed E-state index contributed by atoms with van der Waals surface area (Å²) in [5.74, 6) is -0.466. The van der Waals surface area contributed by atoms with Gasteiger partial charge in [-0.3, -0.25) is 4.79 Å². The third kappa shape index (κ3) is 3.45. The number of hydrogen-bond donors (Lipinski definition) is 2. The van der Waals surface area contributed by atoms with E-state index in [9.17, 15) is 9.59 Å². The van der Waals surface area contributed by atoms with Gasteiger partial charge >= 0.3 is 5.97 Å². The lowest BCUT2D eigenvalue weighted by atomic mass is 9.97. The van der Waals surface area contributed by atoms with Crippen molar-refractivity contribution in [3.8, 4) is 0 Å². The van der Waals surface area contributed by atoms with Crippen LogP contribution in [0.25, 0.3) is 0 Å². The van der Waals surface area contributed by atoms with E-state index in [-0.39, 0.29) is 17.8 Å². The number of ether oxygens (including phenoxy) is 1. The summed E-state index contributed by atoms with van der Waals surface area (Å²) in [6, 6.07) is -0.573. The Balaban J connectivity index is 2.66. The zero-order valence-electron chi connectivity index (χ0n) is 11.7. The van der Waals surface area contributed by atoms with Crippen LogP contribution in [0.3, 0.4) is 0 Å². The summed E-state index contributed by atoms with van der Waals surface area (Å²) in [5.41, 5.74) is -0.556. The van der Waals surface area contributed by atoms with E-state index >= 15 is 0 Å². The predicted octanol–water partition coefficient (Wildman–Crippen LogP) is 0.832. The Morgan fingerprint density at radius 3 is 2.56 bits per heavy atom. The van der Waals surface area contributed by atoms with Gasteiger partial charge < -0.3 is 15.4 Å². The lowest BCUT2D eigenvalue weighted by molar-refractivity contribution is -0.149. The van der Waals surface area contributed by atoms with E-state index in [2.05, 4.69) is 10.6 Å². The number of carbonyl (C=O) groups excluding carboxylic acids is 2. The van der Waals surface area contributed by atoms with Crippen LogP contribution in [0.15, 0.2) is 0 Å². The quantitative estimate of drug-likeness (QED) is 0.715. The fourth-order valence-electron chi connectivity index (χ4n) is 2.12. The van der Waals surface area contributed by atoms with Crippen LogP contribution in [0.4, 0.5) is 0 Å². The fourth-order valence-corrected chi connectivity index (χ4v) is 2.12. The van der Waals surface area contributed by atoms with Crippen molar-refractivity contribution in [1.82, 2.24) is 10.6 Å². The zero-order chi connectivity index (χ0) is 13.8. The average molecular weight is 256 g/mol. The highest BCUT2D eigenvalue weighted by atomic mass is 16.5. The van der Waals surface area contributed by atoms with Crippen molar-refractivity contribution in [2.45, 2.75) is 52.1 Å². The van der Waals surface area contributed by atoms with Crippen molar-refractivity contribution < 1.29 is 14.3 Å². The van der Waals surface area contributed by atoms with Crippen LogP contribution in [-0.2, 0) is 14.3 Å². The van der Waals surface area contributed by atoms with Gasteiger partial charge in [0, 0.05) is 0 Å². The molecule has 104 valence electrons. The van der Waals surface area contributed by atoms with Crippen LogP contribution < -0.4 is 10.6 Å². The molecule has 5 nitrogen and oxygen atoms in total. The number of amides is 1. The van der Waals surface area contributed by atoms with Crippen molar-refractivity contribution in [3.05, 3.63) is 0 Å². The van der Waals surface area contributed by atoms with Gasteiger partial charge in [0.1, 0.15) is 6.04 Å². The second-order valence-electron chi connectivity index (χ2n) is 5.31. The van der Waals surface area contributed by atoms with Gasteiger partial charge in [0.2, 0.25) is 5.91 Å². The summed E-state index contributed by atoms with van der Waals surface area (Å²) in [5, 5.41) is 5.99. The molecule has 1 amide bonds. The number of nitrogens with one attached hydrogen (secondary N) is 2. The van der Waals surface area contributed by atoms with E-state index in [0.717, 1.165) is 19.4 Å². The Morgan fingerprint density at radius 1 is 1.44 bits per heavy atom. The minimum Gasteiger partial charge on any atom is -0.464 e. The molecular formula is C13H24N2O3. The van der Waals surface area contributed by atoms with Gasteiger partial charge in [-0.1, -0.05) is 13.8 Å². The summed E-state index contributed by atoms with van der Waals surface area (Å²) in [7, 11) is 0. The molecule has 0 bridgehead atoms. The fraction of sp³-hybridized carbons (Fsp3) is 0.846. The van der Waals surface area contributed by atoms with Crippen LogP contribution >= 0.6 is 0 Å². The maximum Gasteiger partial charge on any atom is 0.328 e. The van der Waals surface area contributed by atoms with Gasteiger partial charge in [0.15, 0.2) is 0 Å². The second-order valence-corrected chi connectivity index (χ2v) is 5.31. The minimum absolute atomic E-state index is 0.0120. The zero-order valence-corrected chi connectivity index (χ0v) is 11.7. The molecule has 0 aromatic carbocycles. The molecule has 18 heavy (non-hydrogen) atoms. The number of hydrogen-bond acceptors (Lipinski definition) is 4. The summed E-state index contributed by atoms with van der Waals surface area (Å²) < 4.78 is 4.99. The van der Waals surface area contributed by atoms with E-state index in [0.29, 0.717) is 6.61 Å². The molecule has 0 unspecified atom stereocenters. The van der Waals surface area contributed by atoms with Crippen molar-refractivity contribution in [2.24, 2.45) is 5.92 Å². The highest BCUT2D eigenvalue weighted by Gasteiger charge is 2.38. The molecular weight excluding hydrogens is 232 g/mol. The molecule has 1 fully saturated rings. The van der Waals surface area contributed by atoms with Crippen molar-refractivity contribution in [3.63, 3.8) is 0 Å². The Morgan fingerprint density at radius 2 is 2.11 bits per heavy atom. The molecule has 0 aromatic rings. The van der Waals surface area contributed by atoms with E-state index in [1.165, 1.54) is 0 Å². The first-order chi connectivity index (χ1) is 8.40. The normalized spacial score (nSPS) is 24.9. The molecule has 1 rings (SSSR count). The molecule has 0 radical (unpaired) electrons. The van der Waals surface area contributed by atoms with Gasteiger partial charge in [0.05, 0.1) is 12.1 Å². The first kappa shape index (κ1) is 15.0. The van der Waals surface area contributed by atoms with Crippen LogP contribution in [-0.4, -0.2) is 36.6 Å². The third-order valence-electron chi connectivity index (χ3n) is 3.36. The Labute approximate surface area is 109 Å². The first-order valence-corrected chi connectivity index (χ1v) is 6.63. The highest BCUT2D eigenvalue weighted by molar-refractivity contribution is 5.90. The largest absolute Gasteiger partial charge is 0.464 e. The Kier molecular flexibility index (Phi) is 5.14. The van der Waals surface area contributed by atoms with Gasteiger partial charge in [-0.25, -0.2) is 4.79 Å². The summed E-state index contributed by atoms with van der Waals surface area (Å²) in [4.78, 5) is 24.0. The second kappa shape index (κ2) is 6.18. The van der Waals surface area contributed by atoms with Crippen LogP contribution in [0, 0.1) is 5.92 Å². The molecule has 2 atom stereocenters. The molecule has 1 heterocycles. The van der Waals surface area contributed by atoms with Gasteiger partial charge in [0.25, 0.3) is 0 Å². The van der Waals surface area contributed by atoms with Crippen LogP contribution in [0.2, 0.25) is 0 Å². The van der Waals surface area contributed by atoms with Gasteiger partial charge in [-0.2, -0.15) is 0 Å². The predicted molar refractivity (Wildman–Crippen MR) is 69.0 cm³/mol. The SMILES string of the molecule is CCOC(=O)[C@@H](NC(=O)[C@]1(C)CCCN1)C(C)C. The number of rotatable bonds is 5. The Hall–Kier alpha value is -1.10. The first-order valence-electron chi connectivity index (χ1n) is 6.63. The minimum atomic E-state index is -0.573. The van der Waals surface area contributed by atoms with E-state index in [4.69, 9.17) is 4.74 Å². The van der Waals surface area contributed by atoms with E-state index in [1.54, 1.807) is 6.92 Å². The van der Waals surface area contributed by atoms with Crippen molar-refractivity contribution in [2.75, 3.05) is 13.2 Å². The standard InChI is InChI=1S/C13H24N2O3/c1-5-18-11(16)10(9(2)3)15-12(17)13(4)7-6-8-14-13/h9-10,14H,5-8H2,1-4H3,(H,15,17)/t10-,13-/m0/s1. The van der Waals surface area contributed by atoms with Crippen molar-refractivity contribution in [1.29, 1.82) is 0 Å². The summed E-state index contributed by atoms with van der Waals surface area (Å²) >= 11 is 0. The van der Waals surface area contributed by atoms with Crippen LogP contribution in [0.5, 0.6) is 0 Å². The molecule has 0 saturated carbocycles. The smallest absolute Gasteiger partial charge is 0.328 e. The van der Waals surface area contributed by atoms with Gasteiger partial charge in [-0.05, 0) is 39.2 Å². The maximum atomic E-state index is 12.2. The topological polar surface area (TPSA) is 67.4 Å². The maximum absolute atomic E-state index is 12.2. The van der Waals surface area contributed by atoms with E-state index in [1.807, 2.05) is 20.8 Å². The summed E-state index contributed by atoms with van der Waals surface area (Å²) in [6.07, 6.45) is 1.78. The van der Waals surface area contributed by atoms with Gasteiger partial charge in [-0.15, -0.1) is 0 Å². The molecule has 1 saturated heterocycles. The number of esters is 1. The van der Waals surface area contributed by atoms with Crippen molar-refractivity contribution >= 4 is 11.9 Å². The monoisotopic (exact) mass is 256 g/mol. The molecule has 0 aromatic heterocycles. The third-order valence-corrected chi connectivity index (χ3v) is 3.36. The summed E-state index contributed by atoms with van der Waals surface area (Å²) in [6.45, 7) is 8.59. The Bertz CT molecular complexity index is 309. The highest BCUT2D eigenvalue weighted by Crippen LogP contribution is 2.19. The lowest BCUT2D eigenvalue weighted by Crippen LogP contribution is -2.56. The van der Waals surface area contributed by atoms with E-state index < -0.39 is 11.6 Å². The lowest BCUT2D eigenvalue weighted by Gasteiger charge is -2.27. The number of carbonyl (C=O) groups is 2. The van der Waals surface area contributed by atoms with Crippen LogP contribution in [0.1, 0.15) is 40.5 Å².